The lowest BCUT2D eigenvalue weighted by molar-refractivity contribution is -0.129. The first-order chi connectivity index (χ1) is 13.7. The number of fused-ring (bicyclic) bond motifs is 2. The average molecular weight is 392 g/mol. The summed E-state index contributed by atoms with van der Waals surface area (Å²) in [5.74, 6) is 0.716. The maximum atomic E-state index is 11.1. The molecule has 0 aliphatic carbocycles. The number of carbonyl (C=O) groups is 1. The molecule has 1 aromatic carbocycles. The van der Waals surface area contributed by atoms with E-state index in [1.165, 1.54) is 5.56 Å². The van der Waals surface area contributed by atoms with Gasteiger partial charge in [-0.25, -0.2) is 5.48 Å². The molecule has 2 heterocycles. The molecule has 5 unspecified atom stereocenters. The molecule has 28 heavy (non-hydrogen) atoms. The van der Waals surface area contributed by atoms with Crippen molar-refractivity contribution in [3.05, 3.63) is 35.9 Å². The number of rotatable bonds is 12. The maximum absolute atomic E-state index is 11.1. The second-order valence-corrected chi connectivity index (χ2v) is 7.99. The minimum absolute atomic E-state index is 0.00413. The zero-order chi connectivity index (χ0) is 19.8. The van der Waals surface area contributed by atoms with E-state index in [9.17, 15) is 4.79 Å². The first-order valence-electron chi connectivity index (χ1n) is 10.5. The van der Waals surface area contributed by atoms with Crippen molar-refractivity contribution in [1.29, 1.82) is 0 Å². The molecule has 2 aliphatic heterocycles. The van der Waals surface area contributed by atoms with Crippen LogP contribution in [0.1, 0.15) is 51.0 Å². The highest BCUT2D eigenvalue weighted by Gasteiger charge is 2.47. The molecule has 0 saturated carbocycles. The topological polar surface area (TPSA) is 77.0 Å². The van der Waals surface area contributed by atoms with E-state index >= 15 is 0 Å². The molecule has 0 spiro atoms. The van der Waals surface area contributed by atoms with Gasteiger partial charge in [0, 0.05) is 19.6 Å². The Hall–Kier alpha value is -1.47. The van der Waals surface area contributed by atoms with Gasteiger partial charge in [-0.3, -0.25) is 10.0 Å². The number of nitrogens with one attached hydrogen (secondary N) is 1. The van der Waals surface area contributed by atoms with Crippen LogP contribution in [0.3, 0.4) is 0 Å². The molecular weight excluding hydrogens is 358 g/mol. The van der Waals surface area contributed by atoms with Crippen molar-refractivity contribution in [2.75, 3.05) is 13.2 Å². The van der Waals surface area contributed by atoms with E-state index in [-0.39, 0.29) is 18.4 Å². The summed E-state index contributed by atoms with van der Waals surface area (Å²) in [5.41, 5.74) is 2.87. The van der Waals surface area contributed by atoms with Gasteiger partial charge in [-0.05, 0) is 56.4 Å². The van der Waals surface area contributed by atoms with Gasteiger partial charge in [-0.15, -0.1) is 0 Å². The molecule has 6 nitrogen and oxygen atoms in total. The molecule has 6 heteroatoms. The van der Waals surface area contributed by atoms with Gasteiger partial charge in [0.2, 0.25) is 5.91 Å². The van der Waals surface area contributed by atoms with Crippen LogP contribution >= 0.6 is 0 Å². The fraction of sp³-hybridized carbons (Fsp3) is 0.682. The van der Waals surface area contributed by atoms with Gasteiger partial charge in [-0.1, -0.05) is 30.3 Å². The Kier molecular flexibility index (Phi) is 8.27. The lowest BCUT2D eigenvalue weighted by Gasteiger charge is -2.28. The quantitative estimate of drug-likeness (QED) is 0.324. The number of hydroxylamine groups is 1. The highest BCUT2D eigenvalue weighted by molar-refractivity contribution is 5.74. The van der Waals surface area contributed by atoms with E-state index in [2.05, 4.69) is 12.1 Å². The Morgan fingerprint density at radius 3 is 2.54 bits per heavy atom. The summed E-state index contributed by atoms with van der Waals surface area (Å²) >= 11 is 0. The van der Waals surface area contributed by atoms with Gasteiger partial charge >= 0.3 is 0 Å². The van der Waals surface area contributed by atoms with Gasteiger partial charge in [-0.2, -0.15) is 0 Å². The predicted octanol–water partition coefficient (Wildman–Crippen LogP) is 3.47. The number of hydrogen-bond donors (Lipinski definition) is 2. The van der Waals surface area contributed by atoms with E-state index in [4.69, 9.17) is 19.4 Å². The Morgan fingerprint density at radius 2 is 1.86 bits per heavy atom. The Labute approximate surface area is 167 Å². The van der Waals surface area contributed by atoms with Crippen molar-refractivity contribution in [2.45, 2.75) is 70.4 Å². The van der Waals surface area contributed by atoms with Crippen molar-refractivity contribution in [3.8, 4) is 0 Å². The van der Waals surface area contributed by atoms with Crippen molar-refractivity contribution in [1.82, 2.24) is 5.48 Å². The molecule has 156 valence electrons. The summed E-state index contributed by atoms with van der Waals surface area (Å²) in [7, 11) is 0. The highest BCUT2D eigenvalue weighted by Crippen LogP contribution is 2.46. The van der Waals surface area contributed by atoms with E-state index in [0.29, 0.717) is 43.7 Å². The Bertz CT molecular complexity index is 596. The van der Waals surface area contributed by atoms with E-state index < -0.39 is 0 Å². The normalized spacial score (nSPS) is 27.1. The monoisotopic (exact) mass is 391 g/mol. The van der Waals surface area contributed by atoms with Crippen LogP contribution in [-0.2, 0) is 25.6 Å². The minimum Gasteiger partial charge on any atom is -0.378 e. The molecule has 1 amide bonds. The first kappa shape index (κ1) is 21.2. The zero-order valence-corrected chi connectivity index (χ0v) is 16.7. The summed E-state index contributed by atoms with van der Waals surface area (Å²) < 4.78 is 18.0. The second-order valence-electron chi connectivity index (χ2n) is 7.99. The van der Waals surface area contributed by atoms with Crippen LogP contribution in [0.2, 0.25) is 0 Å². The van der Waals surface area contributed by atoms with Crippen LogP contribution < -0.4 is 5.48 Å². The number of amides is 1. The van der Waals surface area contributed by atoms with Gasteiger partial charge < -0.3 is 14.2 Å². The van der Waals surface area contributed by atoms with Crippen molar-refractivity contribution in [3.63, 3.8) is 0 Å². The molecule has 2 N–H and O–H groups in total. The van der Waals surface area contributed by atoms with Gasteiger partial charge in [0.25, 0.3) is 0 Å². The van der Waals surface area contributed by atoms with Crippen molar-refractivity contribution < 1.29 is 24.2 Å². The minimum atomic E-state index is -0.368. The van der Waals surface area contributed by atoms with E-state index in [1.54, 1.807) is 5.48 Å². The molecule has 5 atom stereocenters. The molecule has 0 aromatic heterocycles. The van der Waals surface area contributed by atoms with Crippen LogP contribution in [0.4, 0.5) is 0 Å². The molecule has 0 radical (unpaired) electrons. The van der Waals surface area contributed by atoms with Crippen LogP contribution in [-0.4, -0.2) is 42.6 Å². The molecule has 3 rings (SSSR count). The molecule has 2 aliphatic rings. The fourth-order valence-electron chi connectivity index (χ4n) is 4.53. The smallest absolute Gasteiger partial charge is 0.243 e. The van der Waals surface area contributed by atoms with Crippen LogP contribution in [0.15, 0.2) is 30.3 Å². The van der Waals surface area contributed by atoms with Crippen molar-refractivity contribution >= 4 is 5.91 Å². The highest BCUT2D eigenvalue weighted by atomic mass is 16.5. The van der Waals surface area contributed by atoms with Gasteiger partial charge in [0.1, 0.15) is 0 Å². The Morgan fingerprint density at radius 1 is 1.18 bits per heavy atom. The largest absolute Gasteiger partial charge is 0.378 e. The third-order valence-corrected chi connectivity index (χ3v) is 6.05. The molecule has 2 fully saturated rings. The SMILES string of the molecule is CC(CCC(=O)NO)OCCC1C2CCC(O2)C1CCOCc1ccccc1. The Balaban J connectivity index is 1.36. The molecule has 2 bridgehead atoms. The fourth-order valence-corrected chi connectivity index (χ4v) is 4.53. The number of benzene rings is 1. The molecule has 2 saturated heterocycles. The van der Waals surface area contributed by atoms with Gasteiger partial charge in [0.05, 0.1) is 24.9 Å². The lowest BCUT2D eigenvalue weighted by atomic mass is 9.76. The lowest BCUT2D eigenvalue weighted by Crippen LogP contribution is -2.29. The third kappa shape index (κ3) is 6.01. The molecule has 1 aromatic rings. The first-order valence-corrected chi connectivity index (χ1v) is 10.5. The summed E-state index contributed by atoms with van der Waals surface area (Å²) in [6.45, 7) is 4.07. The third-order valence-electron chi connectivity index (χ3n) is 6.05. The average Bonchev–Trinajstić information content (AvgIpc) is 3.32. The molecular formula is C22H33NO5. The van der Waals surface area contributed by atoms with Gasteiger partial charge in [0.15, 0.2) is 0 Å². The number of carbonyl (C=O) groups excluding carboxylic acids is 1. The second kappa shape index (κ2) is 10.9. The maximum Gasteiger partial charge on any atom is 0.243 e. The summed E-state index contributed by atoms with van der Waals surface area (Å²) in [5, 5.41) is 8.55. The van der Waals surface area contributed by atoms with E-state index in [0.717, 1.165) is 32.3 Å². The standard InChI is InChI=1S/C22H33NO5/c1-16(7-10-22(24)23-25)27-14-12-19-18(20-8-9-21(19)28-20)11-13-26-15-17-5-3-2-4-6-17/h2-6,16,18-21,25H,7-15H2,1H3,(H,23,24). The summed E-state index contributed by atoms with van der Waals surface area (Å²) in [6.07, 6.45) is 5.97. The number of hydrogen-bond acceptors (Lipinski definition) is 5. The summed E-state index contributed by atoms with van der Waals surface area (Å²) in [6, 6.07) is 10.3. The van der Waals surface area contributed by atoms with E-state index in [1.807, 2.05) is 25.1 Å². The van der Waals surface area contributed by atoms with Crippen LogP contribution in [0.25, 0.3) is 0 Å². The van der Waals surface area contributed by atoms with Crippen LogP contribution in [0.5, 0.6) is 0 Å². The zero-order valence-electron chi connectivity index (χ0n) is 16.7. The summed E-state index contributed by atoms with van der Waals surface area (Å²) in [4.78, 5) is 11.1. The number of ether oxygens (including phenoxy) is 3. The van der Waals surface area contributed by atoms with Crippen LogP contribution in [0, 0.1) is 11.8 Å². The van der Waals surface area contributed by atoms with Crippen molar-refractivity contribution in [2.24, 2.45) is 11.8 Å². The predicted molar refractivity (Wildman–Crippen MR) is 105 cm³/mol.